The largest absolute Gasteiger partial charge is 0.501 e. The third-order valence-electron chi connectivity index (χ3n) is 4.41. The third-order valence-corrected chi connectivity index (χ3v) is 4.41. The van der Waals surface area contributed by atoms with E-state index < -0.39 is 0 Å². The van der Waals surface area contributed by atoms with Crippen LogP contribution in [-0.2, 0) is 9.47 Å². The number of hydrogen-bond acceptors (Lipinski definition) is 4. The molecule has 0 aromatic carbocycles. The van der Waals surface area contributed by atoms with Gasteiger partial charge in [0, 0.05) is 38.7 Å². The second-order valence-corrected chi connectivity index (χ2v) is 6.30. The van der Waals surface area contributed by atoms with Gasteiger partial charge < -0.3 is 19.7 Å². The maximum atomic E-state index is 5.62. The molecule has 0 radical (unpaired) electrons. The highest BCUT2D eigenvalue weighted by molar-refractivity contribution is 5.10. The van der Waals surface area contributed by atoms with Crippen LogP contribution in [0.25, 0.3) is 0 Å². The number of nitrogens with zero attached hydrogens (tertiary/aromatic N) is 1. The second-order valence-electron chi connectivity index (χ2n) is 6.30. The van der Waals surface area contributed by atoms with Gasteiger partial charge in [-0.3, -0.25) is 0 Å². The fourth-order valence-corrected chi connectivity index (χ4v) is 2.46. The van der Waals surface area contributed by atoms with Gasteiger partial charge in [0.2, 0.25) is 0 Å². The molecule has 4 nitrogen and oxygen atoms in total. The average Bonchev–Trinajstić information content (AvgIpc) is 2.58. The monoisotopic (exact) mass is 284 g/mol. The Kier molecular flexibility index (Phi) is 7.00. The topological polar surface area (TPSA) is 33.7 Å². The summed E-state index contributed by atoms with van der Waals surface area (Å²) in [4.78, 5) is 2.36. The van der Waals surface area contributed by atoms with E-state index in [1.165, 1.54) is 0 Å². The van der Waals surface area contributed by atoms with Gasteiger partial charge in [-0.1, -0.05) is 0 Å². The van der Waals surface area contributed by atoms with Gasteiger partial charge in [0.05, 0.1) is 18.5 Å². The van der Waals surface area contributed by atoms with E-state index in [9.17, 15) is 0 Å². The number of methoxy groups -OCH3 is 2. The van der Waals surface area contributed by atoms with E-state index in [-0.39, 0.29) is 5.60 Å². The highest BCUT2D eigenvalue weighted by Gasteiger charge is 2.28. The standard InChI is InChI=1S/C16H32N2O2/c1-13(2)18(4)10-9-17-14-7-8-16(3,20-6)12-15(11-14)19-5/h12-14,17H,7-11H2,1-6H3. The first-order chi connectivity index (χ1) is 9.40. The molecular weight excluding hydrogens is 252 g/mol. The summed E-state index contributed by atoms with van der Waals surface area (Å²) in [5.41, 5.74) is -0.198. The van der Waals surface area contributed by atoms with Crippen molar-refractivity contribution in [3.8, 4) is 0 Å². The van der Waals surface area contributed by atoms with Crippen LogP contribution in [0.1, 0.15) is 40.0 Å². The summed E-state index contributed by atoms with van der Waals surface area (Å²) in [6.45, 7) is 8.66. The molecule has 1 aliphatic rings. The molecule has 0 spiro atoms. The zero-order valence-corrected chi connectivity index (χ0v) is 14.0. The molecule has 0 fully saturated rings. The van der Waals surface area contributed by atoms with Crippen LogP contribution in [0.5, 0.6) is 0 Å². The van der Waals surface area contributed by atoms with Crippen molar-refractivity contribution >= 4 is 0 Å². The first kappa shape index (κ1) is 17.5. The van der Waals surface area contributed by atoms with Gasteiger partial charge in [0.1, 0.15) is 0 Å². The molecule has 2 unspecified atom stereocenters. The summed E-state index contributed by atoms with van der Waals surface area (Å²) in [7, 11) is 5.69. The molecule has 1 aliphatic carbocycles. The maximum Gasteiger partial charge on any atom is 0.0959 e. The minimum absolute atomic E-state index is 0.198. The molecule has 2 atom stereocenters. The van der Waals surface area contributed by atoms with Crippen molar-refractivity contribution in [2.75, 3.05) is 34.4 Å². The Morgan fingerprint density at radius 3 is 2.70 bits per heavy atom. The van der Waals surface area contributed by atoms with Crippen molar-refractivity contribution in [2.45, 2.75) is 57.7 Å². The van der Waals surface area contributed by atoms with Gasteiger partial charge in [-0.25, -0.2) is 0 Å². The van der Waals surface area contributed by atoms with E-state index in [1.54, 1.807) is 14.2 Å². The van der Waals surface area contributed by atoms with Crippen molar-refractivity contribution in [3.63, 3.8) is 0 Å². The lowest BCUT2D eigenvalue weighted by Gasteiger charge is -2.25. The van der Waals surface area contributed by atoms with E-state index in [0.29, 0.717) is 12.1 Å². The van der Waals surface area contributed by atoms with Crippen molar-refractivity contribution < 1.29 is 9.47 Å². The minimum atomic E-state index is -0.198. The number of rotatable bonds is 7. The van der Waals surface area contributed by atoms with Crippen molar-refractivity contribution in [3.05, 3.63) is 11.8 Å². The molecule has 0 aliphatic heterocycles. The summed E-state index contributed by atoms with van der Waals surface area (Å²) in [5, 5.41) is 3.66. The maximum absolute atomic E-state index is 5.62. The lowest BCUT2D eigenvalue weighted by molar-refractivity contribution is 0.0375. The summed E-state index contributed by atoms with van der Waals surface area (Å²) in [6.07, 6.45) is 5.21. The smallest absolute Gasteiger partial charge is 0.0959 e. The van der Waals surface area contributed by atoms with Gasteiger partial charge in [-0.05, 0) is 46.7 Å². The summed E-state index contributed by atoms with van der Waals surface area (Å²) in [5.74, 6) is 1.03. The molecule has 1 rings (SSSR count). The summed E-state index contributed by atoms with van der Waals surface area (Å²) < 4.78 is 11.1. The first-order valence-electron chi connectivity index (χ1n) is 7.64. The molecule has 0 saturated heterocycles. The predicted octanol–water partition coefficient (Wildman–Crippen LogP) is 2.40. The lowest BCUT2D eigenvalue weighted by Crippen LogP contribution is -2.38. The third kappa shape index (κ3) is 5.43. The predicted molar refractivity (Wildman–Crippen MR) is 83.9 cm³/mol. The van der Waals surface area contributed by atoms with Gasteiger partial charge >= 0.3 is 0 Å². The lowest BCUT2D eigenvalue weighted by atomic mass is 9.99. The van der Waals surface area contributed by atoms with Gasteiger partial charge in [0.25, 0.3) is 0 Å². The fraction of sp³-hybridized carbons (Fsp3) is 0.875. The Labute approximate surface area is 124 Å². The molecule has 0 saturated carbocycles. The number of ether oxygens (including phenoxy) is 2. The van der Waals surface area contributed by atoms with Crippen LogP contribution >= 0.6 is 0 Å². The molecule has 0 amide bonds. The number of likely N-dealkylation sites (N-methyl/N-ethyl adjacent to an activating group) is 1. The van der Waals surface area contributed by atoms with Crippen LogP contribution in [0.2, 0.25) is 0 Å². The van der Waals surface area contributed by atoms with Crippen LogP contribution in [0.15, 0.2) is 11.8 Å². The van der Waals surface area contributed by atoms with Crippen LogP contribution in [0, 0.1) is 0 Å². The Morgan fingerprint density at radius 1 is 1.45 bits per heavy atom. The number of hydrogen-bond donors (Lipinski definition) is 1. The molecule has 118 valence electrons. The Bertz CT molecular complexity index is 318. The number of nitrogens with one attached hydrogen (secondary N) is 1. The molecule has 1 N–H and O–H groups in total. The summed E-state index contributed by atoms with van der Waals surface area (Å²) in [6, 6.07) is 1.07. The highest BCUT2D eigenvalue weighted by Crippen LogP contribution is 2.28. The summed E-state index contributed by atoms with van der Waals surface area (Å²) >= 11 is 0. The van der Waals surface area contributed by atoms with Crippen LogP contribution in [0.3, 0.4) is 0 Å². The van der Waals surface area contributed by atoms with Gasteiger partial charge in [-0.15, -0.1) is 0 Å². The molecule has 0 heterocycles. The normalized spacial score (nSPS) is 27.6. The van der Waals surface area contributed by atoms with Gasteiger partial charge in [-0.2, -0.15) is 0 Å². The van der Waals surface area contributed by atoms with Gasteiger partial charge in [0.15, 0.2) is 0 Å². The van der Waals surface area contributed by atoms with Crippen LogP contribution in [-0.4, -0.2) is 56.9 Å². The zero-order chi connectivity index (χ0) is 15.2. The zero-order valence-electron chi connectivity index (χ0n) is 14.0. The van der Waals surface area contributed by atoms with Crippen LogP contribution < -0.4 is 5.32 Å². The van der Waals surface area contributed by atoms with E-state index in [1.807, 2.05) is 0 Å². The molecule has 0 bridgehead atoms. The van der Waals surface area contributed by atoms with E-state index in [0.717, 1.165) is 38.1 Å². The quantitative estimate of drug-likeness (QED) is 0.778. The van der Waals surface area contributed by atoms with E-state index in [4.69, 9.17) is 9.47 Å². The van der Waals surface area contributed by atoms with Crippen molar-refractivity contribution in [1.29, 1.82) is 0 Å². The molecule has 4 heteroatoms. The molecular formula is C16H32N2O2. The highest BCUT2D eigenvalue weighted by atomic mass is 16.5. The van der Waals surface area contributed by atoms with Crippen LogP contribution in [0.4, 0.5) is 0 Å². The first-order valence-corrected chi connectivity index (χ1v) is 7.64. The SMILES string of the molecule is COC1=CC(C)(OC)CCC(NCCN(C)C(C)C)C1. The molecule has 0 aromatic rings. The fourth-order valence-electron chi connectivity index (χ4n) is 2.46. The molecule has 0 aromatic heterocycles. The Hall–Kier alpha value is -0.580. The van der Waals surface area contributed by atoms with Crippen molar-refractivity contribution in [2.24, 2.45) is 0 Å². The second kappa shape index (κ2) is 8.01. The Balaban J connectivity index is 2.47. The van der Waals surface area contributed by atoms with E-state index in [2.05, 4.69) is 44.1 Å². The Morgan fingerprint density at radius 2 is 2.15 bits per heavy atom. The van der Waals surface area contributed by atoms with Crippen molar-refractivity contribution in [1.82, 2.24) is 10.2 Å². The minimum Gasteiger partial charge on any atom is -0.501 e. The average molecular weight is 284 g/mol. The van der Waals surface area contributed by atoms with E-state index >= 15 is 0 Å². The molecule has 20 heavy (non-hydrogen) atoms.